The highest BCUT2D eigenvalue weighted by Gasteiger charge is 2.37. The van der Waals surface area contributed by atoms with Crippen LogP contribution in [0.25, 0.3) is 10.8 Å². The molecule has 0 saturated heterocycles. The minimum Gasteiger partial charge on any atom is -0.508 e. The number of Topliss-reactive ketones (excluding diaryl/α,β-unsaturated/α-hetero) is 1. The number of halogens is 1. The number of hydrogen-bond acceptors (Lipinski definition) is 3. The maximum absolute atomic E-state index is 12.9. The lowest BCUT2D eigenvalue weighted by Gasteiger charge is -2.33. The second-order valence-electron chi connectivity index (χ2n) is 7.08. The van der Waals surface area contributed by atoms with Crippen molar-refractivity contribution in [1.82, 2.24) is 0 Å². The number of carbonyl (C=O) groups is 1. The van der Waals surface area contributed by atoms with Gasteiger partial charge in [0.2, 0.25) is 0 Å². The lowest BCUT2D eigenvalue weighted by atomic mass is 9.75. The summed E-state index contributed by atoms with van der Waals surface area (Å²) in [5.41, 5.74) is 2.79. The molecule has 1 heterocycles. The molecule has 1 unspecified atom stereocenters. The van der Waals surface area contributed by atoms with Crippen LogP contribution in [0.4, 0.5) is 0 Å². The third kappa shape index (κ3) is 2.67. The second-order valence-corrected chi connectivity index (χ2v) is 8.00. The van der Waals surface area contributed by atoms with Crippen molar-refractivity contribution in [2.45, 2.75) is 25.2 Å². The summed E-state index contributed by atoms with van der Waals surface area (Å²) in [5.74, 6) is 1.75. The number of ether oxygens (including phenoxy) is 1. The molecule has 1 atom stereocenters. The fraction of sp³-hybridized carbons (Fsp3) is 0.174. The summed E-state index contributed by atoms with van der Waals surface area (Å²) in [6.45, 7) is 0. The summed E-state index contributed by atoms with van der Waals surface area (Å²) >= 11 is 3.49. The van der Waals surface area contributed by atoms with Gasteiger partial charge in [-0.15, -0.1) is 0 Å². The molecule has 5 rings (SSSR count). The van der Waals surface area contributed by atoms with E-state index < -0.39 is 0 Å². The number of phenols is 1. The largest absolute Gasteiger partial charge is 0.508 e. The molecule has 0 radical (unpaired) electrons. The maximum atomic E-state index is 12.9. The molecule has 1 N–H and O–H groups in total. The van der Waals surface area contributed by atoms with Crippen molar-refractivity contribution in [3.8, 4) is 11.5 Å². The van der Waals surface area contributed by atoms with Crippen molar-refractivity contribution in [1.29, 1.82) is 0 Å². The minimum atomic E-state index is -0.185. The van der Waals surface area contributed by atoms with Gasteiger partial charge in [-0.1, -0.05) is 40.2 Å². The van der Waals surface area contributed by atoms with Gasteiger partial charge >= 0.3 is 0 Å². The number of fused-ring (bicyclic) bond motifs is 3. The molecule has 0 amide bonds. The van der Waals surface area contributed by atoms with E-state index in [2.05, 4.69) is 28.1 Å². The number of carbonyl (C=O) groups excluding carboxylic acids is 1. The van der Waals surface area contributed by atoms with E-state index in [1.165, 1.54) is 0 Å². The van der Waals surface area contributed by atoms with Gasteiger partial charge in [0.05, 0.1) is 0 Å². The highest BCUT2D eigenvalue weighted by Crippen LogP contribution is 2.49. The van der Waals surface area contributed by atoms with Gasteiger partial charge in [-0.25, -0.2) is 0 Å². The SMILES string of the molecule is O=C1CCCC2=C1C(c1ccc(Br)cc1)c1c(ccc3ccc(O)cc13)O2. The third-order valence-electron chi connectivity index (χ3n) is 5.43. The molecular weight excluding hydrogens is 404 g/mol. The van der Waals surface area contributed by atoms with Crippen molar-refractivity contribution in [3.05, 3.63) is 81.5 Å². The fourth-order valence-corrected chi connectivity index (χ4v) is 4.49. The molecule has 3 aromatic carbocycles. The van der Waals surface area contributed by atoms with Crippen LogP contribution in [0.1, 0.15) is 36.3 Å². The first kappa shape index (κ1) is 16.6. The predicted molar refractivity (Wildman–Crippen MR) is 108 cm³/mol. The van der Waals surface area contributed by atoms with Gasteiger partial charge in [0.1, 0.15) is 17.3 Å². The third-order valence-corrected chi connectivity index (χ3v) is 5.96. The van der Waals surface area contributed by atoms with Gasteiger partial charge in [0, 0.05) is 34.4 Å². The highest BCUT2D eigenvalue weighted by molar-refractivity contribution is 9.10. The van der Waals surface area contributed by atoms with Gasteiger partial charge in [0.25, 0.3) is 0 Å². The van der Waals surface area contributed by atoms with Crippen LogP contribution >= 0.6 is 15.9 Å². The van der Waals surface area contributed by atoms with Gasteiger partial charge in [-0.3, -0.25) is 4.79 Å². The molecular formula is C23H17BrO3. The van der Waals surface area contributed by atoms with E-state index >= 15 is 0 Å². The van der Waals surface area contributed by atoms with Crippen molar-refractivity contribution >= 4 is 32.5 Å². The van der Waals surface area contributed by atoms with Crippen LogP contribution < -0.4 is 4.74 Å². The van der Waals surface area contributed by atoms with Crippen LogP contribution in [-0.4, -0.2) is 10.9 Å². The lowest BCUT2D eigenvalue weighted by molar-refractivity contribution is -0.116. The summed E-state index contributed by atoms with van der Waals surface area (Å²) in [4.78, 5) is 12.9. The Morgan fingerprint density at radius 2 is 1.78 bits per heavy atom. The van der Waals surface area contributed by atoms with Crippen molar-refractivity contribution in [2.24, 2.45) is 0 Å². The van der Waals surface area contributed by atoms with Crippen LogP contribution in [0.3, 0.4) is 0 Å². The van der Waals surface area contributed by atoms with Gasteiger partial charge in [0.15, 0.2) is 5.78 Å². The van der Waals surface area contributed by atoms with E-state index in [9.17, 15) is 9.90 Å². The zero-order chi connectivity index (χ0) is 18.5. The Balaban J connectivity index is 1.84. The molecule has 4 heteroatoms. The smallest absolute Gasteiger partial charge is 0.163 e. The number of phenolic OH excluding ortho intramolecular Hbond substituents is 1. The Morgan fingerprint density at radius 1 is 1.00 bits per heavy atom. The molecule has 134 valence electrons. The van der Waals surface area contributed by atoms with Gasteiger partial charge in [-0.05, 0) is 53.1 Å². The van der Waals surface area contributed by atoms with Crippen molar-refractivity contribution < 1.29 is 14.6 Å². The Hall–Kier alpha value is -2.59. The average molecular weight is 421 g/mol. The predicted octanol–water partition coefficient (Wildman–Crippen LogP) is 5.84. The summed E-state index contributed by atoms with van der Waals surface area (Å²) in [5, 5.41) is 12.0. The fourth-order valence-electron chi connectivity index (χ4n) is 4.23. The number of allylic oxidation sites excluding steroid dienone is 2. The normalized spacial score (nSPS) is 18.9. The first-order chi connectivity index (χ1) is 13.1. The number of ketones is 1. The molecule has 1 aliphatic carbocycles. The van der Waals surface area contributed by atoms with E-state index in [1.807, 2.05) is 30.3 Å². The first-order valence-corrected chi connectivity index (χ1v) is 9.86. The first-order valence-electron chi connectivity index (χ1n) is 9.07. The summed E-state index contributed by atoms with van der Waals surface area (Å²) in [6.07, 6.45) is 2.17. The zero-order valence-corrected chi connectivity index (χ0v) is 16.1. The molecule has 3 aromatic rings. The molecule has 0 spiro atoms. The quantitative estimate of drug-likeness (QED) is 0.537. The molecule has 2 aliphatic rings. The van der Waals surface area contributed by atoms with E-state index in [-0.39, 0.29) is 17.5 Å². The molecule has 0 aromatic heterocycles. The van der Waals surface area contributed by atoms with E-state index in [4.69, 9.17) is 4.74 Å². The number of aromatic hydroxyl groups is 1. The number of rotatable bonds is 1. The average Bonchev–Trinajstić information content (AvgIpc) is 2.67. The lowest BCUT2D eigenvalue weighted by Crippen LogP contribution is -2.25. The second kappa shape index (κ2) is 6.24. The van der Waals surface area contributed by atoms with Gasteiger partial charge < -0.3 is 9.84 Å². The minimum absolute atomic E-state index is 0.159. The molecule has 0 saturated carbocycles. The monoisotopic (exact) mass is 420 g/mol. The summed E-state index contributed by atoms with van der Waals surface area (Å²) < 4.78 is 7.20. The van der Waals surface area contributed by atoms with E-state index in [0.29, 0.717) is 6.42 Å². The Labute approximate surface area is 165 Å². The van der Waals surface area contributed by atoms with Crippen LogP contribution in [-0.2, 0) is 4.79 Å². The van der Waals surface area contributed by atoms with Crippen LogP contribution in [0.15, 0.2) is 70.4 Å². The number of benzene rings is 3. The number of hydrogen-bond donors (Lipinski definition) is 1. The van der Waals surface area contributed by atoms with Crippen molar-refractivity contribution in [2.75, 3.05) is 0 Å². The molecule has 27 heavy (non-hydrogen) atoms. The van der Waals surface area contributed by atoms with E-state index in [0.717, 1.165) is 56.3 Å². The van der Waals surface area contributed by atoms with Crippen LogP contribution in [0.5, 0.6) is 11.5 Å². The van der Waals surface area contributed by atoms with Crippen LogP contribution in [0.2, 0.25) is 0 Å². The zero-order valence-electron chi connectivity index (χ0n) is 14.5. The highest BCUT2D eigenvalue weighted by atomic mass is 79.9. The Morgan fingerprint density at radius 3 is 2.59 bits per heavy atom. The molecule has 3 nitrogen and oxygen atoms in total. The van der Waals surface area contributed by atoms with Crippen molar-refractivity contribution in [3.63, 3.8) is 0 Å². The Bertz CT molecular complexity index is 1110. The standard InChI is InChI=1S/C23H17BrO3/c24-15-8-4-14(5-9-15)21-22-17-12-16(25)10-6-13(17)7-11-20(22)27-19-3-1-2-18(26)23(19)21/h4-12,21,25H,1-3H2. The summed E-state index contributed by atoms with van der Waals surface area (Å²) in [6, 6.07) is 17.4. The van der Waals surface area contributed by atoms with Crippen LogP contribution in [0, 0.1) is 0 Å². The summed E-state index contributed by atoms with van der Waals surface area (Å²) in [7, 11) is 0. The van der Waals surface area contributed by atoms with E-state index in [1.54, 1.807) is 12.1 Å². The maximum Gasteiger partial charge on any atom is 0.163 e. The topological polar surface area (TPSA) is 46.5 Å². The van der Waals surface area contributed by atoms with Gasteiger partial charge in [-0.2, -0.15) is 0 Å². The molecule has 0 bridgehead atoms. The molecule has 1 aliphatic heterocycles. The molecule has 0 fully saturated rings. The Kier molecular flexibility index (Phi) is 3.83.